The zero-order chi connectivity index (χ0) is 44.7. The van der Waals surface area contributed by atoms with Crippen molar-refractivity contribution in [1.82, 2.24) is 20.6 Å². The number of aliphatic hydroxyl groups excluding tert-OH is 2. The number of hydrogen-bond donors (Lipinski definition) is 4. The van der Waals surface area contributed by atoms with Crippen LogP contribution in [0, 0.1) is 5.41 Å². The molecule has 3 aliphatic heterocycles. The third-order valence-corrected chi connectivity index (χ3v) is 11.9. The third-order valence-electron chi connectivity index (χ3n) is 11.9. The molecule has 3 amide bonds. The number of carbonyl (C=O) groups is 5. The molecule has 4 N–H and O–H groups in total. The Balaban J connectivity index is 1.45. The van der Waals surface area contributed by atoms with Crippen molar-refractivity contribution in [2.24, 2.45) is 5.41 Å². The number of nitrogens with zero attached hydrogens (tertiary/aromatic N) is 2. The Hall–Kier alpha value is -3.93. The van der Waals surface area contributed by atoms with Crippen molar-refractivity contribution in [3.63, 3.8) is 0 Å². The van der Waals surface area contributed by atoms with Crippen LogP contribution in [0.4, 0.5) is 0 Å². The van der Waals surface area contributed by atoms with Crippen LogP contribution >= 0.6 is 0 Å². The summed E-state index contributed by atoms with van der Waals surface area (Å²) in [6, 6.07) is 3.69. The molecule has 9 atom stereocenters. The van der Waals surface area contributed by atoms with Crippen LogP contribution in [0.2, 0.25) is 0 Å². The van der Waals surface area contributed by atoms with Crippen molar-refractivity contribution in [2.75, 3.05) is 20.7 Å². The molecule has 1 saturated carbocycles. The normalized spacial score (nSPS) is 26.9. The van der Waals surface area contributed by atoms with Crippen LogP contribution in [0.25, 0.3) is 6.08 Å². The summed E-state index contributed by atoms with van der Waals surface area (Å²) in [5.74, 6) is -3.82. The maximum Gasteiger partial charge on any atom is 0.327 e. The molecule has 61 heavy (non-hydrogen) atoms. The fourth-order valence-electron chi connectivity index (χ4n) is 8.79. The topological polar surface area (TPSA) is 202 Å². The van der Waals surface area contributed by atoms with Crippen molar-refractivity contribution in [3.8, 4) is 0 Å². The van der Waals surface area contributed by atoms with E-state index < -0.39 is 95.8 Å². The summed E-state index contributed by atoms with van der Waals surface area (Å²) in [6.07, 6.45) is 5.16. The Morgan fingerprint density at radius 2 is 1.64 bits per heavy atom. The van der Waals surface area contributed by atoms with Gasteiger partial charge in [0, 0.05) is 45.9 Å². The molecule has 4 aliphatic rings. The summed E-state index contributed by atoms with van der Waals surface area (Å²) in [7, 11) is 3.34. The average Bonchev–Trinajstić information content (AvgIpc) is 3.75. The highest BCUT2D eigenvalue weighted by Gasteiger charge is 2.76. The lowest BCUT2D eigenvalue weighted by atomic mass is 9.62. The molecule has 1 aromatic rings. The van der Waals surface area contributed by atoms with E-state index in [2.05, 4.69) is 24.5 Å². The van der Waals surface area contributed by atoms with Crippen LogP contribution < -0.4 is 10.6 Å². The summed E-state index contributed by atoms with van der Waals surface area (Å²) in [4.78, 5) is 75.9. The Labute approximate surface area is 359 Å². The second-order valence-electron chi connectivity index (χ2n) is 18.2. The van der Waals surface area contributed by atoms with Gasteiger partial charge in [-0.1, -0.05) is 63.8 Å². The molecule has 3 saturated heterocycles. The number of amides is 3. The van der Waals surface area contributed by atoms with E-state index in [0.717, 1.165) is 49.7 Å². The maximum absolute atomic E-state index is 15.1. The van der Waals surface area contributed by atoms with Crippen molar-refractivity contribution in [3.05, 3.63) is 41.5 Å². The molecule has 0 aromatic heterocycles. The number of nitrogens with one attached hydrogen (secondary N) is 2. The maximum atomic E-state index is 15.1. The SMILES string of the molecule is CCCCCC1(CCCCC)O[C@@H]2[C@H](O1)[C@H]1ON(Cc3ccc(C=CC(=O)N(C)C)cc3)[C@H]3C(=O)O[C@@H]2C[C@@]13C(=O)N[C@@H](C(=O)N[C@H](CO)CCC(=O)OC(C)(C)C)[C@H](C)O. The largest absolute Gasteiger partial charge is 0.460 e. The van der Waals surface area contributed by atoms with Gasteiger partial charge in [-0.05, 0) is 64.2 Å². The van der Waals surface area contributed by atoms with Gasteiger partial charge < -0.3 is 44.7 Å². The molecule has 0 unspecified atom stereocenters. The van der Waals surface area contributed by atoms with Crippen molar-refractivity contribution in [2.45, 2.75) is 179 Å². The second kappa shape index (κ2) is 20.5. The monoisotopic (exact) mass is 856 g/mol. The molecule has 0 radical (unpaired) electrons. The van der Waals surface area contributed by atoms with Gasteiger partial charge in [0.15, 0.2) is 11.8 Å². The highest BCUT2D eigenvalue weighted by atomic mass is 16.8. The number of rotatable bonds is 21. The van der Waals surface area contributed by atoms with Crippen LogP contribution in [0.3, 0.4) is 0 Å². The van der Waals surface area contributed by atoms with Gasteiger partial charge in [-0.15, -0.1) is 0 Å². The summed E-state index contributed by atoms with van der Waals surface area (Å²) in [5.41, 5.74) is -0.820. The Morgan fingerprint density at radius 3 is 2.21 bits per heavy atom. The number of hydroxylamine groups is 2. The fraction of sp³-hybridized carbons (Fsp3) is 0.711. The second-order valence-corrected chi connectivity index (χ2v) is 18.2. The lowest BCUT2D eigenvalue weighted by Crippen LogP contribution is -2.71. The minimum absolute atomic E-state index is 0.00781. The van der Waals surface area contributed by atoms with E-state index in [9.17, 15) is 29.4 Å². The van der Waals surface area contributed by atoms with Crippen molar-refractivity contribution >= 4 is 35.7 Å². The van der Waals surface area contributed by atoms with E-state index in [1.807, 2.05) is 24.3 Å². The van der Waals surface area contributed by atoms with Crippen LogP contribution in [-0.4, -0.2) is 131 Å². The quantitative estimate of drug-likeness (QED) is 0.0793. The lowest BCUT2D eigenvalue weighted by Gasteiger charge is -2.49. The number of benzene rings is 1. The predicted molar refractivity (Wildman–Crippen MR) is 224 cm³/mol. The molecular formula is C45H68N4O12. The van der Waals surface area contributed by atoms with E-state index >= 15 is 4.79 Å². The average molecular weight is 857 g/mol. The zero-order valence-electron chi connectivity index (χ0n) is 37.1. The van der Waals surface area contributed by atoms with Gasteiger partial charge in [-0.2, -0.15) is 5.06 Å². The lowest BCUT2D eigenvalue weighted by molar-refractivity contribution is -0.224. The van der Waals surface area contributed by atoms with Crippen LogP contribution in [-0.2, 0) is 54.3 Å². The Morgan fingerprint density at radius 1 is 1.00 bits per heavy atom. The highest BCUT2D eigenvalue weighted by Crippen LogP contribution is 2.58. The molecular weight excluding hydrogens is 789 g/mol. The number of esters is 2. The van der Waals surface area contributed by atoms with Gasteiger partial charge >= 0.3 is 11.9 Å². The van der Waals surface area contributed by atoms with E-state index in [1.165, 1.54) is 23.0 Å². The smallest absolute Gasteiger partial charge is 0.327 e. The van der Waals surface area contributed by atoms with E-state index in [1.54, 1.807) is 40.9 Å². The first-order valence-corrected chi connectivity index (χ1v) is 22.0. The fourth-order valence-corrected chi connectivity index (χ4v) is 8.79. The molecule has 1 aliphatic carbocycles. The molecule has 340 valence electrons. The number of unbranched alkanes of at least 4 members (excludes halogenated alkanes) is 4. The first-order chi connectivity index (χ1) is 28.9. The van der Waals surface area contributed by atoms with E-state index in [-0.39, 0.29) is 31.7 Å². The number of ether oxygens (including phenoxy) is 4. The van der Waals surface area contributed by atoms with Crippen molar-refractivity contribution < 1.29 is 58.0 Å². The summed E-state index contributed by atoms with van der Waals surface area (Å²) in [6.45, 7) is 10.4. The van der Waals surface area contributed by atoms with Gasteiger partial charge in [-0.3, -0.25) is 28.8 Å². The van der Waals surface area contributed by atoms with E-state index in [0.29, 0.717) is 12.8 Å². The van der Waals surface area contributed by atoms with Crippen molar-refractivity contribution in [1.29, 1.82) is 0 Å². The summed E-state index contributed by atoms with van der Waals surface area (Å²) < 4.78 is 25.3. The predicted octanol–water partition coefficient (Wildman–Crippen LogP) is 3.69. The number of likely N-dealkylation sites (N-methyl/N-ethyl adjacent to an activating group) is 1. The summed E-state index contributed by atoms with van der Waals surface area (Å²) in [5, 5.41) is 28.0. The van der Waals surface area contributed by atoms with Gasteiger partial charge in [-0.25, -0.2) is 0 Å². The van der Waals surface area contributed by atoms with E-state index in [4.69, 9.17) is 23.8 Å². The van der Waals surface area contributed by atoms with Gasteiger partial charge in [0.1, 0.15) is 41.5 Å². The zero-order valence-corrected chi connectivity index (χ0v) is 37.1. The number of fused-ring (bicyclic) bond motifs is 4. The molecule has 1 aromatic carbocycles. The third kappa shape index (κ3) is 11.4. The molecule has 3 heterocycles. The van der Waals surface area contributed by atoms with Crippen LogP contribution in [0.5, 0.6) is 0 Å². The number of hydrogen-bond acceptors (Lipinski definition) is 13. The van der Waals surface area contributed by atoms with Gasteiger partial charge in [0.05, 0.1) is 25.3 Å². The molecule has 16 nitrogen and oxygen atoms in total. The first-order valence-electron chi connectivity index (χ1n) is 22.0. The Bertz CT molecular complexity index is 1720. The number of aliphatic hydroxyl groups is 2. The Kier molecular flexibility index (Phi) is 16.2. The molecule has 5 rings (SSSR count). The minimum atomic E-state index is -1.64. The first kappa shape index (κ1) is 48.1. The molecule has 2 bridgehead atoms. The molecule has 4 fully saturated rings. The van der Waals surface area contributed by atoms with Gasteiger partial charge in [0.25, 0.3) is 0 Å². The van der Waals surface area contributed by atoms with Crippen LogP contribution in [0.15, 0.2) is 30.3 Å². The minimum Gasteiger partial charge on any atom is -0.460 e. The highest BCUT2D eigenvalue weighted by molar-refractivity contribution is 5.96. The number of carbonyl (C=O) groups excluding carboxylic acids is 5. The summed E-state index contributed by atoms with van der Waals surface area (Å²) >= 11 is 0. The van der Waals surface area contributed by atoms with Gasteiger partial charge in [0.2, 0.25) is 17.7 Å². The molecule has 0 spiro atoms. The standard InChI is InChI=1S/C45H68N4O12/c1-9-11-13-23-44(24-14-12-10-2)59-36-32-25-45(42(56)47-35(28(3)51)40(54)46-31(27-50)20-22-34(53)58-43(4,5)6)38(41(55)57-32)49(61-39(45)37(36)60-44)26-30-17-15-29(16-18-30)19-21-33(52)48(7)8/h15-19,21,28,31-32,35-39,50-51H,9-14,20,22-27H2,1-8H3,(H,46,54)(H,47,56)/t28-,31-,32+,35+,36-,37-,38-,39+,45-/m0/s1. The van der Waals surface area contributed by atoms with Crippen LogP contribution in [0.1, 0.15) is 123 Å². The molecule has 16 heteroatoms.